The maximum Gasteiger partial charge on any atom is 0.573 e. The largest absolute Gasteiger partial charge is 0.573 e. The first kappa shape index (κ1) is 33.5. The number of esters is 1. The molecule has 8 nitrogen and oxygen atoms in total. The standard InChI is InChI=1S/C36H43F3N2O6/c1-6-16-41(21-22(2)3)17-15-34-26-13-10-14-30(34)46-32-31(34)25(19-27(26)41)29(45-23(4)42)20-35(32,44-5)40-33(43)28(47-36(37,38)39)18-24-11-8-7-9-12-24/h6-9,11-12,18,20,22,26-27,30,32H,1,10,13-17,19,21H2,2-5H3/p+1/t26-,27+,30-,32?,34+,35?,41?/m0/s1. The Bertz CT molecular complexity index is 1520. The van der Waals surface area contributed by atoms with Crippen LogP contribution in [0, 0.1) is 17.3 Å². The van der Waals surface area contributed by atoms with E-state index in [-0.39, 0.29) is 29.2 Å². The first-order valence-electron chi connectivity index (χ1n) is 16.4. The molecule has 7 atom stereocenters. The molecule has 254 valence electrons. The van der Waals surface area contributed by atoms with Crippen molar-refractivity contribution in [1.29, 1.82) is 0 Å². The number of ether oxygens (including phenoxy) is 4. The average molecular weight is 658 g/mol. The lowest BCUT2D eigenvalue weighted by Gasteiger charge is -2.63. The van der Waals surface area contributed by atoms with Gasteiger partial charge in [0.1, 0.15) is 11.9 Å². The number of piperidine rings is 1. The topological polar surface area (TPSA) is 83.1 Å². The molecule has 2 aliphatic heterocycles. The summed E-state index contributed by atoms with van der Waals surface area (Å²) in [6, 6.07) is 8.35. The highest BCUT2D eigenvalue weighted by atomic mass is 19.4. The molecule has 3 aliphatic carbocycles. The number of hydrogen-bond acceptors (Lipinski definition) is 6. The van der Waals surface area contributed by atoms with Gasteiger partial charge >= 0.3 is 12.3 Å². The smallest absolute Gasteiger partial charge is 0.427 e. The molecule has 1 saturated carbocycles. The predicted molar refractivity (Wildman–Crippen MR) is 168 cm³/mol. The van der Waals surface area contributed by atoms with Crippen molar-refractivity contribution in [3.63, 3.8) is 0 Å². The number of allylic oxidation sites excluding steroid dienone is 1. The van der Waals surface area contributed by atoms with Gasteiger partial charge in [0.05, 0.1) is 31.8 Å². The molecule has 5 aliphatic rings. The third-order valence-electron chi connectivity index (χ3n) is 10.9. The Morgan fingerprint density at radius 3 is 2.60 bits per heavy atom. The van der Waals surface area contributed by atoms with Crippen molar-refractivity contribution in [2.75, 3.05) is 26.7 Å². The number of likely N-dealkylation sites (tertiary alicyclic amines) is 1. The van der Waals surface area contributed by atoms with Crippen LogP contribution in [0.2, 0.25) is 0 Å². The van der Waals surface area contributed by atoms with Crippen molar-refractivity contribution in [2.45, 2.75) is 83.2 Å². The van der Waals surface area contributed by atoms with E-state index in [4.69, 9.17) is 14.2 Å². The normalized spacial score (nSPS) is 34.4. The van der Waals surface area contributed by atoms with Crippen LogP contribution in [0.25, 0.3) is 6.08 Å². The number of amides is 1. The number of carbonyl (C=O) groups is 2. The van der Waals surface area contributed by atoms with Gasteiger partial charge in [-0.3, -0.25) is 9.59 Å². The first-order valence-corrected chi connectivity index (χ1v) is 16.4. The van der Waals surface area contributed by atoms with Crippen LogP contribution in [0.3, 0.4) is 0 Å². The van der Waals surface area contributed by atoms with Crippen molar-refractivity contribution in [3.8, 4) is 0 Å². The molecule has 1 spiro atoms. The van der Waals surface area contributed by atoms with Gasteiger partial charge in [-0.1, -0.05) is 57.2 Å². The Labute approximate surface area is 273 Å². The number of nitrogens with zero attached hydrogens (tertiary/aromatic N) is 1. The Balaban J connectivity index is 1.47. The van der Waals surface area contributed by atoms with Crippen molar-refractivity contribution >= 4 is 18.0 Å². The van der Waals surface area contributed by atoms with E-state index in [0.29, 0.717) is 17.9 Å². The van der Waals surface area contributed by atoms with Crippen LogP contribution in [0.1, 0.15) is 58.4 Å². The lowest BCUT2D eigenvalue weighted by Crippen LogP contribution is -2.71. The second-order valence-electron chi connectivity index (χ2n) is 14.0. The van der Waals surface area contributed by atoms with Gasteiger partial charge in [0.25, 0.3) is 5.91 Å². The zero-order chi connectivity index (χ0) is 33.8. The number of benzene rings is 1. The van der Waals surface area contributed by atoms with E-state index >= 15 is 0 Å². The van der Waals surface area contributed by atoms with E-state index in [9.17, 15) is 22.8 Å². The molecule has 47 heavy (non-hydrogen) atoms. The summed E-state index contributed by atoms with van der Waals surface area (Å²) in [5.41, 5.74) is -0.0151. The van der Waals surface area contributed by atoms with Gasteiger partial charge in [0.15, 0.2) is 11.5 Å². The molecule has 2 saturated heterocycles. The minimum absolute atomic E-state index is 0.189. The van der Waals surface area contributed by atoms with Crippen LogP contribution in [-0.2, 0) is 28.5 Å². The van der Waals surface area contributed by atoms with Crippen molar-refractivity contribution in [1.82, 2.24) is 5.32 Å². The third kappa shape index (κ3) is 5.74. The second kappa shape index (κ2) is 12.2. The van der Waals surface area contributed by atoms with E-state index in [0.717, 1.165) is 67.0 Å². The summed E-state index contributed by atoms with van der Waals surface area (Å²) in [7, 11) is 1.36. The fraction of sp³-hybridized carbons (Fsp3) is 0.556. The molecular formula is C36H44F3N2O6+. The summed E-state index contributed by atoms with van der Waals surface area (Å²) in [4.78, 5) is 26.4. The fourth-order valence-electron chi connectivity index (χ4n) is 9.57. The SMILES string of the molecule is C=CC[N+]1(CC(C)C)CC[C@@]23C4=C5C[C@@H]1[C@@H]2CCC[C@@H]3OC4C(NC(=O)C(=Cc1ccccc1)OC(F)(F)F)(OC)C=C5OC(C)=O. The molecule has 6 rings (SSSR count). The molecule has 1 N–H and O–H groups in total. The number of quaternary nitrogens is 1. The van der Waals surface area contributed by atoms with Gasteiger partial charge in [0.2, 0.25) is 0 Å². The molecule has 0 radical (unpaired) electrons. The van der Waals surface area contributed by atoms with E-state index < -0.39 is 35.8 Å². The maximum atomic E-state index is 13.8. The summed E-state index contributed by atoms with van der Waals surface area (Å²) in [6.07, 6.45) is 2.62. The lowest BCUT2D eigenvalue weighted by atomic mass is 9.49. The fourth-order valence-corrected chi connectivity index (χ4v) is 9.57. The van der Waals surface area contributed by atoms with Crippen molar-refractivity contribution in [2.24, 2.45) is 17.3 Å². The molecule has 1 aromatic carbocycles. The minimum Gasteiger partial charge on any atom is -0.427 e. The van der Waals surface area contributed by atoms with Crippen LogP contribution in [-0.4, -0.2) is 73.4 Å². The molecular weight excluding hydrogens is 613 g/mol. The Hall–Kier alpha value is -3.41. The molecule has 1 aromatic rings. The zero-order valence-electron chi connectivity index (χ0n) is 27.4. The van der Waals surface area contributed by atoms with Gasteiger partial charge < -0.3 is 28.7 Å². The molecule has 2 bridgehead atoms. The molecule has 2 heterocycles. The van der Waals surface area contributed by atoms with Gasteiger partial charge in [-0.2, -0.15) is 0 Å². The van der Waals surface area contributed by atoms with E-state index in [1.807, 2.05) is 6.08 Å². The summed E-state index contributed by atoms with van der Waals surface area (Å²) in [5, 5.41) is 2.70. The minimum atomic E-state index is -5.13. The van der Waals surface area contributed by atoms with Gasteiger partial charge in [0, 0.05) is 55.8 Å². The molecule has 3 unspecified atom stereocenters. The number of nitrogens with one attached hydrogen (secondary N) is 1. The molecule has 1 amide bonds. The van der Waals surface area contributed by atoms with Gasteiger partial charge in [-0.05, 0) is 36.1 Å². The Morgan fingerprint density at radius 2 is 1.96 bits per heavy atom. The number of hydrogen-bond donors (Lipinski definition) is 1. The number of methoxy groups -OCH3 is 1. The number of alkyl halides is 3. The van der Waals surface area contributed by atoms with Crippen LogP contribution < -0.4 is 5.32 Å². The Morgan fingerprint density at radius 1 is 1.21 bits per heavy atom. The maximum absolute atomic E-state index is 13.8. The van der Waals surface area contributed by atoms with Gasteiger partial charge in [-0.25, -0.2) is 0 Å². The van der Waals surface area contributed by atoms with E-state index in [2.05, 4.69) is 30.5 Å². The zero-order valence-corrected chi connectivity index (χ0v) is 27.4. The Kier molecular flexibility index (Phi) is 8.72. The number of rotatable bonds is 10. The monoisotopic (exact) mass is 657 g/mol. The summed E-state index contributed by atoms with van der Waals surface area (Å²) in [6.45, 7) is 12.6. The van der Waals surface area contributed by atoms with Crippen molar-refractivity contribution < 1.29 is 46.2 Å². The average Bonchev–Trinajstić information content (AvgIpc) is 3.34. The van der Waals surface area contributed by atoms with Crippen LogP contribution in [0.15, 0.2) is 71.7 Å². The van der Waals surface area contributed by atoms with E-state index in [1.165, 1.54) is 20.1 Å². The summed E-state index contributed by atoms with van der Waals surface area (Å²) >= 11 is 0. The van der Waals surface area contributed by atoms with Crippen molar-refractivity contribution in [3.05, 3.63) is 77.3 Å². The number of carbonyl (C=O) groups excluding carboxylic acids is 2. The summed E-state index contributed by atoms with van der Waals surface area (Å²) < 4.78 is 64.8. The van der Waals surface area contributed by atoms with Gasteiger partial charge in [-0.15, -0.1) is 13.2 Å². The highest BCUT2D eigenvalue weighted by Crippen LogP contribution is 2.68. The van der Waals surface area contributed by atoms with Crippen LogP contribution in [0.5, 0.6) is 0 Å². The highest BCUT2D eigenvalue weighted by Gasteiger charge is 2.72. The number of halogens is 3. The lowest BCUT2D eigenvalue weighted by molar-refractivity contribution is -0.960. The summed E-state index contributed by atoms with van der Waals surface area (Å²) in [5.74, 6) is -1.70. The third-order valence-corrected chi connectivity index (χ3v) is 10.9. The highest BCUT2D eigenvalue weighted by molar-refractivity contribution is 5.96. The molecule has 0 aromatic heterocycles. The van der Waals surface area contributed by atoms with Crippen LogP contribution >= 0.6 is 0 Å². The van der Waals surface area contributed by atoms with E-state index in [1.54, 1.807) is 30.3 Å². The first-order chi connectivity index (χ1) is 22.3. The molecule has 3 fully saturated rings. The molecule has 11 heteroatoms. The van der Waals surface area contributed by atoms with Crippen LogP contribution in [0.4, 0.5) is 13.2 Å². The quantitative estimate of drug-likeness (QED) is 0.0810. The predicted octanol–water partition coefficient (Wildman–Crippen LogP) is 6.17. The second-order valence-corrected chi connectivity index (χ2v) is 14.0.